The van der Waals surface area contributed by atoms with E-state index in [9.17, 15) is 9.59 Å². The number of carbonyl (C=O) groups is 2. The molecule has 0 spiro atoms. The topological polar surface area (TPSA) is 104 Å². The monoisotopic (exact) mass is 442 g/mol. The number of hydrogen-bond acceptors (Lipinski definition) is 8. The lowest BCUT2D eigenvalue weighted by Crippen LogP contribution is -2.14. The van der Waals surface area contributed by atoms with Crippen LogP contribution in [-0.2, 0) is 14.3 Å². The van der Waals surface area contributed by atoms with Crippen molar-refractivity contribution >= 4 is 28.8 Å². The lowest BCUT2D eigenvalue weighted by Gasteiger charge is -2.17. The minimum atomic E-state index is -0.514. The molecule has 0 aromatic heterocycles. The smallest absolute Gasteiger partial charge is 0.331 e. The first-order valence-corrected chi connectivity index (χ1v) is 9.38. The highest BCUT2D eigenvalue weighted by Crippen LogP contribution is 2.39. The molecular weight excluding hydrogens is 416 g/mol. The van der Waals surface area contributed by atoms with E-state index in [0.29, 0.717) is 39.9 Å². The Kier molecular flexibility index (Phi) is 8.53. The van der Waals surface area contributed by atoms with Gasteiger partial charge in [0.05, 0.1) is 46.8 Å². The highest BCUT2D eigenvalue weighted by Gasteiger charge is 2.21. The summed E-state index contributed by atoms with van der Waals surface area (Å²) in [6, 6.07) is 8.26. The zero-order valence-corrected chi connectivity index (χ0v) is 18.6. The standard InChI is InChI=1S/C23H26N2O7/c1-14(22-19(30-4)12-16(28-2)13-20(22)31-5)23(27)25-15-7-8-18(29-3)17(11-15)24-10-9-21(26)32-6/h7-13,24H,1H2,2-6H3,(H,25,27)/b10-9+. The van der Waals surface area contributed by atoms with Gasteiger partial charge in [0, 0.05) is 35.7 Å². The van der Waals surface area contributed by atoms with Gasteiger partial charge in [-0.2, -0.15) is 0 Å². The predicted molar refractivity (Wildman–Crippen MR) is 122 cm³/mol. The fraction of sp³-hybridized carbons (Fsp3) is 0.217. The van der Waals surface area contributed by atoms with Gasteiger partial charge in [-0.05, 0) is 18.2 Å². The van der Waals surface area contributed by atoms with E-state index in [2.05, 4.69) is 21.9 Å². The van der Waals surface area contributed by atoms with Crippen molar-refractivity contribution in [3.05, 3.63) is 54.8 Å². The molecular formula is C23H26N2O7. The maximum Gasteiger partial charge on any atom is 0.331 e. The fourth-order valence-electron chi connectivity index (χ4n) is 2.79. The summed E-state index contributed by atoms with van der Waals surface area (Å²) in [5.41, 5.74) is 1.53. The van der Waals surface area contributed by atoms with E-state index >= 15 is 0 Å². The number of amides is 1. The summed E-state index contributed by atoms with van der Waals surface area (Å²) >= 11 is 0. The van der Waals surface area contributed by atoms with E-state index < -0.39 is 11.9 Å². The Balaban J connectivity index is 2.29. The van der Waals surface area contributed by atoms with Crippen molar-refractivity contribution in [3.63, 3.8) is 0 Å². The van der Waals surface area contributed by atoms with Crippen LogP contribution in [0.3, 0.4) is 0 Å². The fourth-order valence-corrected chi connectivity index (χ4v) is 2.79. The zero-order valence-electron chi connectivity index (χ0n) is 18.6. The van der Waals surface area contributed by atoms with Gasteiger partial charge < -0.3 is 34.3 Å². The first kappa shape index (κ1) is 24.1. The summed E-state index contributed by atoms with van der Waals surface area (Å²) in [6.45, 7) is 3.91. The molecule has 0 saturated heterocycles. The van der Waals surface area contributed by atoms with Crippen molar-refractivity contribution < 1.29 is 33.3 Å². The first-order valence-electron chi connectivity index (χ1n) is 9.38. The molecule has 0 saturated carbocycles. The summed E-state index contributed by atoms with van der Waals surface area (Å²) in [5, 5.41) is 5.70. The number of anilines is 2. The van der Waals surface area contributed by atoms with Crippen molar-refractivity contribution in [2.75, 3.05) is 46.2 Å². The van der Waals surface area contributed by atoms with Crippen LogP contribution in [0, 0.1) is 0 Å². The van der Waals surface area contributed by atoms with Gasteiger partial charge in [0.15, 0.2) is 0 Å². The Morgan fingerprint density at radius 3 is 2.03 bits per heavy atom. The molecule has 0 aliphatic carbocycles. The number of esters is 1. The quantitative estimate of drug-likeness (QED) is 0.426. The summed E-state index contributed by atoms with van der Waals surface area (Å²) in [5.74, 6) is 0.807. The molecule has 32 heavy (non-hydrogen) atoms. The van der Waals surface area contributed by atoms with Crippen LogP contribution in [0.15, 0.2) is 49.2 Å². The third-order valence-electron chi connectivity index (χ3n) is 4.41. The van der Waals surface area contributed by atoms with E-state index in [1.807, 2.05) is 0 Å². The molecule has 0 radical (unpaired) electrons. The molecule has 2 N–H and O–H groups in total. The van der Waals surface area contributed by atoms with Gasteiger partial charge in [0.2, 0.25) is 0 Å². The molecule has 0 heterocycles. The second-order valence-electron chi connectivity index (χ2n) is 6.26. The second kappa shape index (κ2) is 11.3. The van der Waals surface area contributed by atoms with Gasteiger partial charge in [-0.3, -0.25) is 4.79 Å². The minimum Gasteiger partial charge on any atom is -0.496 e. The predicted octanol–water partition coefficient (Wildman–Crippen LogP) is 3.47. The van der Waals surface area contributed by atoms with Crippen molar-refractivity contribution in [3.8, 4) is 23.0 Å². The molecule has 2 aromatic carbocycles. The van der Waals surface area contributed by atoms with Crippen molar-refractivity contribution in [2.24, 2.45) is 0 Å². The Hall–Kier alpha value is -4.14. The second-order valence-corrected chi connectivity index (χ2v) is 6.26. The molecule has 0 atom stereocenters. The first-order chi connectivity index (χ1) is 15.4. The van der Waals surface area contributed by atoms with Crippen LogP contribution in [0.2, 0.25) is 0 Å². The molecule has 0 aliphatic rings. The lowest BCUT2D eigenvalue weighted by molar-refractivity contribution is -0.134. The van der Waals surface area contributed by atoms with Gasteiger partial charge in [-0.1, -0.05) is 6.58 Å². The van der Waals surface area contributed by atoms with Gasteiger partial charge in [-0.15, -0.1) is 0 Å². The highest BCUT2D eigenvalue weighted by molar-refractivity contribution is 6.26. The highest BCUT2D eigenvalue weighted by atomic mass is 16.5. The SMILES string of the molecule is C=C(C(=O)Nc1ccc(OC)c(N/C=C/C(=O)OC)c1)c1c(OC)cc(OC)cc1OC. The van der Waals surface area contributed by atoms with Crippen LogP contribution >= 0.6 is 0 Å². The number of hydrogen-bond donors (Lipinski definition) is 2. The lowest BCUT2D eigenvalue weighted by atomic mass is 10.0. The van der Waals surface area contributed by atoms with Crippen LogP contribution in [0.4, 0.5) is 11.4 Å². The third-order valence-corrected chi connectivity index (χ3v) is 4.41. The maximum atomic E-state index is 12.9. The van der Waals surface area contributed by atoms with Gasteiger partial charge in [0.25, 0.3) is 5.91 Å². The van der Waals surface area contributed by atoms with Crippen LogP contribution in [0.1, 0.15) is 5.56 Å². The van der Waals surface area contributed by atoms with Gasteiger partial charge >= 0.3 is 5.97 Å². The maximum absolute atomic E-state index is 12.9. The van der Waals surface area contributed by atoms with E-state index in [0.717, 1.165) is 0 Å². The van der Waals surface area contributed by atoms with Crippen LogP contribution in [0.25, 0.3) is 5.57 Å². The summed E-state index contributed by atoms with van der Waals surface area (Å²) in [4.78, 5) is 24.2. The third kappa shape index (κ3) is 5.72. The Bertz CT molecular complexity index is 1010. The molecule has 0 aliphatic heterocycles. The molecule has 170 valence electrons. The normalized spacial score (nSPS) is 10.3. The van der Waals surface area contributed by atoms with Crippen molar-refractivity contribution in [1.82, 2.24) is 0 Å². The van der Waals surface area contributed by atoms with E-state index in [1.54, 1.807) is 30.3 Å². The number of rotatable bonds is 10. The molecule has 0 fully saturated rings. The number of methoxy groups -OCH3 is 5. The van der Waals surface area contributed by atoms with Crippen molar-refractivity contribution in [1.29, 1.82) is 0 Å². The molecule has 1 amide bonds. The number of benzene rings is 2. The molecule has 0 bridgehead atoms. The molecule has 9 nitrogen and oxygen atoms in total. The van der Waals surface area contributed by atoms with E-state index in [1.165, 1.54) is 47.8 Å². The van der Waals surface area contributed by atoms with Crippen molar-refractivity contribution in [2.45, 2.75) is 0 Å². The Labute approximate surface area is 186 Å². The molecule has 2 rings (SSSR count). The molecule has 0 unspecified atom stereocenters. The summed E-state index contributed by atoms with van der Waals surface area (Å²) in [6.07, 6.45) is 2.62. The summed E-state index contributed by atoms with van der Waals surface area (Å²) in [7, 11) is 7.26. The average Bonchev–Trinajstić information content (AvgIpc) is 2.82. The van der Waals surface area contributed by atoms with Crippen LogP contribution < -0.4 is 29.6 Å². The Morgan fingerprint density at radius 2 is 1.50 bits per heavy atom. The summed E-state index contributed by atoms with van der Waals surface area (Å²) < 4.78 is 25.9. The zero-order chi connectivity index (χ0) is 23.7. The molecule has 2 aromatic rings. The van der Waals surface area contributed by atoms with Gasteiger partial charge in [0.1, 0.15) is 23.0 Å². The van der Waals surface area contributed by atoms with Gasteiger partial charge in [-0.25, -0.2) is 4.79 Å². The number of nitrogens with one attached hydrogen (secondary N) is 2. The van der Waals surface area contributed by atoms with Crippen LogP contribution in [0.5, 0.6) is 23.0 Å². The minimum absolute atomic E-state index is 0.136. The average molecular weight is 442 g/mol. The number of carbonyl (C=O) groups excluding carboxylic acids is 2. The van der Waals surface area contributed by atoms with Crippen LogP contribution in [-0.4, -0.2) is 47.4 Å². The van der Waals surface area contributed by atoms with E-state index in [4.69, 9.17) is 18.9 Å². The Morgan fingerprint density at radius 1 is 0.875 bits per heavy atom. The molecule has 9 heteroatoms. The number of ether oxygens (including phenoxy) is 5. The van der Waals surface area contributed by atoms with E-state index in [-0.39, 0.29) is 5.57 Å². The largest absolute Gasteiger partial charge is 0.496 e.